The van der Waals surface area contributed by atoms with E-state index < -0.39 is 21.8 Å². The van der Waals surface area contributed by atoms with Crippen LogP contribution in [-0.4, -0.2) is 60.2 Å². The fourth-order valence-electron chi connectivity index (χ4n) is 4.17. The van der Waals surface area contributed by atoms with Crippen molar-refractivity contribution in [3.05, 3.63) is 75.4 Å². The van der Waals surface area contributed by atoms with Gasteiger partial charge in [0.25, 0.3) is 5.91 Å². The average Bonchev–Trinajstić information content (AvgIpc) is 3.42. The van der Waals surface area contributed by atoms with Crippen LogP contribution in [0, 0.1) is 0 Å². The summed E-state index contributed by atoms with van der Waals surface area (Å²) in [4.78, 5) is 19.8. The summed E-state index contributed by atoms with van der Waals surface area (Å²) in [5.74, 6) is -0.394. The number of ether oxygens (including phenoxy) is 1. The number of carbonyl (C=O) groups excluding carboxylic acids is 1. The number of benzene rings is 1. The van der Waals surface area contributed by atoms with Gasteiger partial charge in [0.2, 0.25) is 0 Å². The quantitative estimate of drug-likeness (QED) is 0.277. The SMILES string of the molecule is CC(Oc1cc(-c2cnc3ccc(CN(C)CCO)cn23)sc1C(N)=O)c1ccc(CS(C)(=O)=O)cc1Cl. The zero-order valence-corrected chi connectivity index (χ0v) is 23.6. The molecule has 1 aromatic carbocycles. The molecule has 9 nitrogen and oxygen atoms in total. The molecule has 4 aromatic rings. The average molecular weight is 577 g/mol. The second-order valence-corrected chi connectivity index (χ2v) is 12.8. The van der Waals surface area contributed by atoms with E-state index in [2.05, 4.69) is 4.98 Å². The highest BCUT2D eigenvalue weighted by atomic mass is 35.5. The van der Waals surface area contributed by atoms with Gasteiger partial charge in [-0.3, -0.25) is 14.1 Å². The number of hydrogen-bond acceptors (Lipinski definition) is 8. The third-order valence-corrected chi connectivity index (χ3v) is 8.25. The third-order valence-electron chi connectivity index (χ3n) is 5.91. The zero-order valence-electron chi connectivity index (χ0n) is 21.2. The van der Waals surface area contributed by atoms with E-state index >= 15 is 0 Å². The van der Waals surface area contributed by atoms with Gasteiger partial charge in [0, 0.05) is 42.2 Å². The van der Waals surface area contributed by atoms with Crippen LogP contribution in [0.15, 0.2) is 48.8 Å². The van der Waals surface area contributed by atoms with Gasteiger partial charge in [-0.1, -0.05) is 29.8 Å². The lowest BCUT2D eigenvalue weighted by atomic mass is 10.1. The molecule has 0 spiro atoms. The van der Waals surface area contributed by atoms with E-state index in [1.165, 1.54) is 17.6 Å². The van der Waals surface area contributed by atoms with Crippen LogP contribution in [0.3, 0.4) is 0 Å². The number of aromatic nitrogens is 2. The number of likely N-dealkylation sites (N-methyl/N-ethyl adjacent to an activating group) is 1. The van der Waals surface area contributed by atoms with Gasteiger partial charge in [-0.05, 0) is 37.2 Å². The number of halogens is 1. The van der Waals surface area contributed by atoms with Gasteiger partial charge in [0.05, 0.1) is 29.1 Å². The van der Waals surface area contributed by atoms with Crippen LogP contribution in [0.5, 0.6) is 5.75 Å². The number of thiophene rings is 1. The summed E-state index contributed by atoms with van der Waals surface area (Å²) in [6.45, 7) is 3.09. The van der Waals surface area contributed by atoms with Crippen molar-refractivity contribution < 1.29 is 23.1 Å². The number of imidazole rings is 1. The molecule has 0 saturated carbocycles. The fourth-order valence-corrected chi connectivity index (χ4v) is 6.26. The van der Waals surface area contributed by atoms with Crippen molar-refractivity contribution >= 4 is 44.3 Å². The molecule has 0 radical (unpaired) electrons. The molecule has 0 aliphatic carbocycles. The van der Waals surface area contributed by atoms with Crippen LogP contribution in [0.1, 0.15) is 39.4 Å². The first-order chi connectivity index (χ1) is 17.9. The molecule has 0 saturated heterocycles. The number of primary amides is 1. The lowest BCUT2D eigenvalue weighted by Crippen LogP contribution is -2.21. The van der Waals surface area contributed by atoms with Gasteiger partial charge in [-0.25, -0.2) is 13.4 Å². The maximum Gasteiger partial charge on any atom is 0.262 e. The highest BCUT2D eigenvalue weighted by Crippen LogP contribution is 2.39. The van der Waals surface area contributed by atoms with E-state index in [4.69, 9.17) is 22.1 Å². The number of pyridine rings is 1. The summed E-state index contributed by atoms with van der Waals surface area (Å²) in [5, 5.41) is 9.56. The Balaban J connectivity index is 1.63. The summed E-state index contributed by atoms with van der Waals surface area (Å²) in [6, 6.07) is 10.7. The number of aliphatic hydroxyl groups excluding tert-OH is 1. The van der Waals surface area contributed by atoms with Gasteiger partial charge in [-0.15, -0.1) is 11.3 Å². The highest BCUT2D eigenvalue weighted by Gasteiger charge is 2.22. The Morgan fingerprint density at radius 2 is 2.00 bits per heavy atom. The summed E-state index contributed by atoms with van der Waals surface area (Å²) >= 11 is 7.67. The molecule has 3 heterocycles. The minimum Gasteiger partial charge on any atom is -0.484 e. The number of nitrogens with zero attached hydrogens (tertiary/aromatic N) is 3. The molecule has 0 fully saturated rings. The summed E-state index contributed by atoms with van der Waals surface area (Å²) in [6.07, 6.45) is 4.35. The van der Waals surface area contributed by atoms with Crippen molar-refractivity contribution in [3.8, 4) is 16.3 Å². The van der Waals surface area contributed by atoms with Crippen molar-refractivity contribution in [2.75, 3.05) is 26.5 Å². The monoisotopic (exact) mass is 576 g/mol. The first-order valence-electron chi connectivity index (χ1n) is 11.8. The second-order valence-electron chi connectivity index (χ2n) is 9.22. The van der Waals surface area contributed by atoms with Crippen LogP contribution in [0.2, 0.25) is 5.02 Å². The predicted molar refractivity (Wildman–Crippen MR) is 149 cm³/mol. The number of aliphatic hydroxyl groups is 1. The smallest absolute Gasteiger partial charge is 0.262 e. The molecule has 1 unspecified atom stereocenters. The normalized spacial score (nSPS) is 12.8. The summed E-state index contributed by atoms with van der Waals surface area (Å²) in [7, 11) is -1.26. The standard InChI is InChI=1S/C26H29ClN4O5S2/c1-16(19-6-4-17(10-20(19)27)15-38(3,34)35)36-22-11-23(37-25(22)26(28)33)21-12-29-24-7-5-18(14-31(21)24)13-30(2)8-9-32/h4-7,10-12,14,16,32H,8-9,13,15H2,1-3H3,(H2,28,33). The zero-order chi connectivity index (χ0) is 27.6. The van der Waals surface area contributed by atoms with Crippen LogP contribution >= 0.6 is 22.9 Å². The molecule has 12 heteroatoms. The number of nitrogens with two attached hydrogens (primary N) is 1. The van der Waals surface area contributed by atoms with Crippen molar-refractivity contribution in [2.45, 2.75) is 25.3 Å². The number of hydrogen-bond donors (Lipinski definition) is 2. The van der Waals surface area contributed by atoms with Gasteiger partial charge < -0.3 is 15.6 Å². The minimum atomic E-state index is -3.20. The Bertz CT molecular complexity index is 1580. The van der Waals surface area contributed by atoms with Crippen molar-refractivity contribution in [2.24, 2.45) is 5.73 Å². The van der Waals surface area contributed by atoms with E-state index in [1.54, 1.807) is 37.4 Å². The van der Waals surface area contributed by atoms with Gasteiger partial charge >= 0.3 is 0 Å². The van der Waals surface area contributed by atoms with Crippen LogP contribution in [-0.2, 0) is 22.1 Å². The lowest BCUT2D eigenvalue weighted by molar-refractivity contribution is 0.0998. The Kier molecular flexibility index (Phi) is 8.43. The number of amides is 1. The second kappa shape index (κ2) is 11.4. The Hall–Kier alpha value is -2.96. The highest BCUT2D eigenvalue weighted by molar-refractivity contribution is 7.89. The van der Waals surface area contributed by atoms with Gasteiger partial charge in [-0.2, -0.15) is 0 Å². The van der Waals surface area contributed by atoms with Crippen LogP contribution < -0.4 is 10.5 Å². The van der Waals surface area contributed by atoms with E-state index in [1.807, 2.05) is 34.7 Å². The van der Waals surface area contributed by atoms with E-state index in [9.17, 15) is 18.3 Å². The number of sulfone groups is 1. The molecule has 1 amide bonds. The minimum absolute atomic E-state index is 0.0807. The molecule has 1 atom stereocenters. The molecule has 3 aromatic heterocycles. The molecular formula is C26H29ClN4O5S2. The summed E-state index contributed by atoms with van der Waals surface area (Å²) < 4.78 is 31.3. The predicted octanol–water partition coefficient (Wildman–Crippen LogP) is 3.92. The number of rotatable bonds is 11. The molecule has 0 aliphatic rings. The van der Waals surface area contributed by atoms with E-state index in [0.29, 0.717) is 35.0 Å². The number of carbonyl (C=O) groups is 1. The molecule has 4 rings (SSSR count). The summed E-state index contributed by atoms with van der Waals surface area (Å²) in [5.41, 5.74) is 9.49. The van der Waals surface area contributed by atoms with E-state index in [-0.39, 0.29) is 17.2 Å². The molecular weight excluding hydrogens is 548 g/mol. The molecule has 0 aliphatic heterocycles. The lowest BCUT2D eigenvalue weighted by Gasteiger charge is -2.17. The first kappa shape index (κ1) is 28.1. The molecule has 3 N–H and O–H groups in total. The molecule has 202 valence electrons. The first-order valence-corrected chi connectivity index (χ1v) is 15.0. The van der Waals surface area contributed by atoms with Crippen LogP contribution in [0.4, 0.5) is 0 Å². The van der Waals surface area contributed by atoms with E-state index in [0.717, 1.165) is 21.8 Å². The Labute approximate surface area is 230 Å². The van der Waals surface area contributed by atoms with Crippen LogP contribution in [0.25, 0.3) is 16.2 Å². The topological polar surface area (TPSA) is 127 Å². The number of fused-ring (bicyclic) bond motifs is 1. The maximum atomic E-state index is 12.3. The largest absolute Gasteiger partial charge is 0.484 e. The van der Waals surface area contributed by atoms with Crippen molar-refractivity contribution in [1.82, 2.24) is 14.3 Å². The fraction of sp³-hybridized carbons (Fsp3) is 0.308. The Morgan fingerprint density at radius 1 is 1.26 bits per heavy atom. The van der Waals surface area contributed by atoms with Gasteiger partial charge in [0.1, 0.15) is 22.4 Å². The molecule has 0 bridgehead atoms. The Morgan fingerprint density at radius 3 is 2.66 bits per heavy atom. The van der Waals surface area contributed by atoms with Gasteiger partial charge in [0.15, 0.2) is 9.84 Å². The van der Waals surface area contributed by atoms with Crippen molar-refractivity contribution in [1.29, 1.82) is 0 Å². The maximum absolute atomic E-state index is 12.3. The van der Waals surface area contributed by atoms with Crippen molar-refractivity contribution in [3.63, 3.8) is 0 Å². The molecule has 38 heavy (non-hydrogen) atoms. The third kappa shape index (κ3) is 6.54.